The molecule has 29 heavy (non-hydrogen) atoms. The van der Waals surface area contributed by atoms with Gasteiger partial charge in [-0.3, -0.25) is 14.1 Å². The molecular weight excluding hydrogens is 390 g/mol. The first kappa shape index (κ1) is 20.3. The van der Waals surface area contributed by atoms with E-state index >= 15 is 0 Å². The van der Waals surface area contributed by atoms with Gasteiger partial charge in [-0.1, -0.05) is 30.3 Å². The van der Waals surface area contributed by atoms with Crippen LogP contribution in [0.1, 0.15) is 5.56 Å². The van der Waals surface area contributed by atoms with Gasteiger partial charge in [0, 0.05) is 25.0 Å². The van der Waals surface area contributed by atoms with E-state index in [4.69, 9.17) is 4.74 Å². The fourth-order valence-electron chi connectivity index (χ4n) is 2.69. The lowest BCUT2D eigenvalue weighted by molar-refractivity contribution is -0.119. The Morgan fingerprint density at radius 1 is 1.07 bits per heavy atom. The Hall–Kier alpha value is -3.39. The van der Waals surface area contributed by atoms with E-state index in [9.17, 15) is 13.2 Å². The van der Waals surface area contributed by atoms with E-state index in [0.717, 1.165) is 9.87 Å². The third-order valence-corrected chi connectivity index (χ3v) is 5.96. The van der Waals surface area contributed by atoms with Crippen LogP contribution in [0.2, 0.25) is 0 Å². The van der Waals surface area contributed by atoms with Crippen LogP contribution in [0.3, 0.4) is 0 Å². The highest BCUT2D eigenvalue weighted by molar-refractivity contribution is 7.92. The van der Waals surface area contributed by atoms with Crippen LogP contribution in [0.4, 0.5) is 5.69 Å². The van der Waals surface area contributed by atoms with Gasteiger partial charge in [-0.2, -0.15) is 0 Å². The van der Waals surface area contributed by atoms with Gasteiger partial charge in [-0.25, -0.2) is 8.42 Å². The molecule has 3 rings (SSSR count). The van der Waals surface area contributed by atoms with Crippen LogP contribution in [0.25, 0.3) is 0 Å². The Morgan fingerprint density at radius 3 is 2.55 bits per heavy atom. The molecule has 0 radical (unpaired) electrons. The van der Waals surface area contributed by atoms with Crippen LogP contribution >= 0.6 is 0 Å². The summed E-state index contributed by atoms with van der Waals surface area (Å²) in [4.78, 5) is 16.7. The maximum absolute atomic E-state index is 13.2. The Bertz CT molecular complexity index is 1060. The molecule has 0 bridgehead atoms. The summed E-state index contributed by atoms with van der Waals surface area (Å²) in [6.45, 7) is -0.116. The summed E-state index contributed by atoms with van der Waals surface area (Å²) in [6.07, 6.45) is 3.28. The van der Waals surface area contributed by atoms with Gasteiger partial charge in [0.05, 0.1) is 17.7 Å². The average molecular weight is 411 g/mol. The van der Waals surface area contributed by atoms with Gasteiger partial charge in [0.25, 0.3) is 10.0 Å². The van der Waals surface area contributed by atoms with Gasteiger partial charge in [0.2, 0.25) is 5.91 Å². The Labute approximate surface area is 170 Å². The minimum atomic E-state index is -3.95. The first-order valence-corrected chi connectivity index (χ1v) is 10.3. The number of rotatable bonds is 8. The second-order valence-electron chi connectivity index (χ2n) is 6.16. The summed E-state index contributed by atoms with van der Waals surface area (Å²) in [5.74, 6) is 0.0581. The predicted molar refractivity (Wildman–Crippen MR) is 110 cm³/mol. The van der Waals surface area contributed by atoms with Crippen molar-refractivity contribution < 1.29 is 17.9 Å². The topological polar surface area (TPSA) is 88.6 Å². The van der Waals surface area contributed by atoms with Crippen molar-refractivity contribution in [2.75, 3.05) is 18.0 Å². The van der Waals surface area contributed by atoms with Gasteiger partial charge in [0.15, 0.2) is 0 Å². The van der Waals surface area contributed by atoms with Crippen LogP contribution in [0.15, 0.2) is 84.0 Å². The Balaban J connectivity index is 1.87. The van der Waals surface area contributed by atoms with Gasteiger partial charge in [-0.05, 0) is 35.9 Å². The van der Waals surface area contributed by atoms with Gasteiger partial charge < -0.3 is 10.1 Å². The quantitative estimate of drug-likeness (QED) is 0.616. The number of anilines is 1. The molecule has 2 aromatic carbocycles. The third-order valence-electron chi connectivity index (χ3n) is 4.17. The predicted octanol–water partition coefficient (Wildman–Crippen LogP) is 2.60. The number of benzene rings is 2. The molecule has 0 fully saturated rings. The zero-order chi connectivity index (χ0) is 20.7. The van der Waals surface area contributed by atoms with Crippen molar-refractivity contribution in [3.05, 3.63) is 84.7 Å². The zero-order valence-electron chi connectivity index (χ0n) is 15.9. The third kappa shape index (κ3) is 5.11. The number of nitrogens with one attached hydrogen (secondary N) is 1. The lowest BCUT2D eigenvalue weighted by atomic mass is 10.3. The maximum Gasteiger partial charge on any atom is 0.264 e. The molecule has 0 spiro atoms. The van der Waals surface area contributed by atoms with E-state index in [1.54, 1.807) is 60.9 Å². The van der Waals surface area contributed by atoms with E-state index in [1.165, 1.54) is 19.2 Å². The standard InChI is InChI=1S/C21H21N3O4S/c1-28-19-9-5-8-18(13-19)24(29(26,27)20-10-3-2-4-11-20)16-21(25)23-15-17-7-6-12-22-14-17/h2-14H,15-16H2,1H3,(H,23,25). The molecule has 1 amide bonds. The van der Waals surface area contributed by atoms with Gasteiger partial charge in [-0.15, -0.1) is 0 Å². The smallest absolute Gasteiger partial charge is 0.264 e. The highest BCUT2D eigenvalue weighted by Gasteiger charge is 2.27. The average Bonchev–Trinajstić information content (AvgIpc) is 2.77. The molecule has 7 nitrogen and oxygen atoms in total. The molecule has 0 saturated carbocycles. The van der Waals surface area contributed by atoms with Gasteiger partial charge in [0.1, 0.15) is 12.3 Å². The number of carbonyl (C=O) groups excluding carboxylic acids is 1. The molecule has 0 aliphatic carbocycles. The number of hydrogen-bond donors (Lipinski definition) is 1. The monoisotopic (exact) mass is 411 g/mol. The molecule has 0 unspecified atom stereocenters. The number of hydrogen-bond acceptors (Lipinski definition) is 5. The zero-order valence-corrected chi connectivity index (χ0v) is 16.7. The van der Waals surface area contributed by atoms with Crippen molar-refractivity contribution in [3.8, 4) is 5.75 Å². The molecular formula is C21H21N3O4S. The molecule has 0 aliphatic rings. The van der Waals surface area contributed by atoms with Crippen LogP contribution in [-0.2, 0) is 21.4 Å². The van der Waals surface area contributed by atoms with E-state index in [2.05, 4.69) is 10.3 Å². The first-order valence-electron chi connectivity index (χ1n) is 8.88. The summed E-state index contributed by atoms with van der Waals surface area (Å²) < 4.78 is 32.8. The Kier molecular flexibility index (Phi) is 6.46. The van der Waals surface area contributed by atoms with Crippen LogP contribution < -0.4 is 14.4 Å². The minimum absolute atomic E-state index is 0.0999. The number of sulfonamides is 1. The molecule has 1 aromatic heterocycles. The molecule has 8 heteroatoms. The number of methoxy groups -OCH3 is 1. The van der Waals surface area contributed by atoms with Crippen LogP contribution in [0, 0.1) is 0 Å². The summed E-state index contributed by atoms with van der Waals surface area (Å²) in [7, 11) is -2.46. The summed E-state index contributed by atoms with van der Waals surface area (Å²) in [5, 5.41) is 2.74. The van der Waals surface area contributed by atoms with Crippen molar-refractivity contribution in [2.24, 2.45) is 0 Å². The normalized spacial score (nSPS) is 10.9. The maximum atomic E-state index is 13.2. The Morgan fingerprint density at radius 2 is 1.86 bits per heavy atom. The second kappa shape index (κ2) is 9.20. The molecule has 150 valence electrons. The first-order chi connectivity index (χ1) is 14.0. The van der Waals surface area contributed by atoms with Crippen molar-refractivity contribution in [3.63, 3.8) is 0 Å². The lowest BCUT2D eigenvalue weighted by Crippen LogP contribution is -2.40. The highest BCUT2D eigenvalue weighted by atomic mass is 32.2. The molecule has 0 atom stereocenters. The number of nitrogens with zero attached hydrogens (tertiary/aromatic N) is 2. The molecule has 0 saturated heterocycles. The lowest BCUT2D eigenvalue weighted by Gasteiger charge is -2.24. The minimum Gasteiger partial charge on any atom is -0.497 e. The van der Waals surface area contributed by atoms with Crippen molar-refractivity contribution in [1.82, 2.24) is 10.3 Å². The summed E-state index contributed by atoms with van der Waals surface area (Å²) >= 11 is 0. The van der Waals surface area contributed by atoms with Crippen LogP contribution in [0.5, 0.6) is 5.75 Å². The molecule has 3 aromatic rings. The number of aromatic nitrogens is 1. The molecule has 0 aliphatic heterocycles. The van der Waals surface area contributed by atoms with Crippen LogP contribution in [-0.4, -0.2) is 33.0 Å². The fourth-order valence-corrected chi connectivity index (χ4v) is 4.12. The van der Waals surface area contributed by atoms with E-state index in [1.807, 2.05) is 6.07 Å². The number of pyridine rings is 1. The molecule has 1 N–H and O–H groups in total. The highest BCUT2D eigenvalue weighted by Crippen LogP contribution is 2.26. The van der Waals surface area contributed by atoms with Crippen molar-refractivity contribution >= 4 is 21.6 Å². The molecule has 1 heterocycles. The number of amides is 1. The number of carbonyl (C=O) groups is 1. The van der Waals surface area contributed by atoms with E-state index in [0.29, 0.717) is 11.4 Å². The van der Waals surface area contributed by atoms with Gasteiger partial charge >= 0.3 is 0 Å². The second-order valence-corrected chi connectivity index (χ2v) is 8.03. The van der Waals surface area contributed by atoms with Crippen molar-refractivity contribution in [2.45, 2.75) is 11.4 Å². The fraction of sp³-hybridized carbons (Fsp3) is 0.143. The number of ether oxygens (including phenoxy) is 1. The largest absolute Gasteiger partial charge is 0.497 e. The summed E-state index contributed by atoms with van der Waals surface area (Å²) in [5.41, 5.74) is 1.16. The van der Waals surface area contributed by atoms with Crippen molar-refractivity contribution in [1.29, 1.82) is 0 Å². The van der Waals surface area contributed by atoms with E-state index < -0.39 is 15.9 Å². The summed E-state index contributed by atoms with van der Waals surface area (Å²) in [6, 6.07) is 18.2. The van der Waals surface area contributed by atoms with E-state index in [-0.39, 0.29) is 18.0 Å². The SMILES string of the molecule is COc1cccc(N(CC(=O)NCc2cccnc2)S(=O)(=O)c2ccccc2)c1.